The van der Waals surface area contributed by atoms with E-state index in [1.165, 1.54) is 12.8 Å². The van der Waals surface area contributed by atoms with Crippen molar-refractivity contribution in [1.29, 1.82) is 0 Å². The number of hydrogen-bond donors (Lipinski definition) is 1. The fourth-order valence-electron chi connectivity index (χ4n) is 3.31. The molecule has 2 aliphatic heterocycles. The van der Waals surface area contributed by atoms with E-state index in [0.29, 0.717) is 26.2 Å². The van der Waals surface area contributed by atoms with E-state index in [4.69, 9.17) is 9.15 Å². The third-order valence-corrected chi connectivity index (χ3v) is 4.76. The lowest BCUT2D eigenvalue weighted by atomic mass is 10.2. The zero-order chi connectivity index (χ0) is 17.8. The number of hydrogen-bond acceptors (Lipinski definition) is 6. The highest BCUT2D eigenvalue weighted by atomic mass is 16.5. The van der Waals surface area contributed by atoms with Crippen molar-refractivity contribution >= 4 is 12.0 Å². The summed E-state index contributed by atoms with van der Waals surface area (Å²) >= 11 is 0. The van der Waals surface area contributed by atoms with Crippen molar-refractivity contribution in [2.75, 3.05) is 37.7 Å². The molecular formula is C18H23N5O3. The number of amides is 2. The Morgan fingerprint density at radius 2 is 2.15 bits per heavy atom. The summed E-state index contributed by atoms with van der Waals surface area (Å²) < 4.78 is 10.9. The maximum atomic E-state index is 12.4. The number of carbonyl (C=O) groups excluding carboxylic acids is 1. The predicted molar refractivity (Wildman–Crippen MR) is 94.7 cm³/mol. The molecule has 8 nitrogen and oxygen atoms in total. The Labute approximate surface area is 152 Å². The molecule has 2 amide bonds. The van der Waals surface area contributed by atoms with Gasteiger partial charge in [0, 0.05) is 37.9 Å². The van der Waals surface area contributed by atoms with Crippen molar-refractivity contribution < 1.29 is 13.9 Å². The zero-order valence-corrected chi connectivity index (χ0v) is 14.6. The second kappa shape index (κ2) is 7.74. The molecule has 0 aromatic carbocycles. The third kappa shape index (κ3) is 3.80. The molecule has 1 N–H and O–H groups in total. The van der Waals surface area contributed by atoms with Crippen molar-refractivity contribution in [3.05, 3.63) is 42.1 Å². The van der Waals surface area contributed by atoms with E-state index in [1.807, 2.05) is 12.1 Å². The number of urea groups is 1. The molecule has 0 aliphatic carbocycles. The summed E-state index contributed by atoms with van der Waals surface area (Å²) in [6.07, 6.45) is 7.13. The Balaban J connectivity index is 1.38. The highest BCUT2D eigenvalue weighted by Crippen LogP contribution is 2.23. The zero-order valence-electron chi connectivity index (χ0n) is 14.6. The van der Waals surface area contributed by atoms with Crippen molar-refractivity contribution in [2.24, 2.45) is 0 Å². The molecule has 1 atom stereocenters. The first-order valence-corrected chi connectivity index (χ1v) is 9.03. The van der Waals surface area contributed by atoms with Gasteiger partial charge in [0.05, 0.1) is 31.4 Å². The lowest BCUT2D eigenvalue weighted by Crippen LogP contribution is -2.47. The van der Waals surface area contributed by atoms with Crippen molar-refractivity contribution in [1.82, 2.24) is 20.2 Å². The number of aromatic nitrogens is 2. The van der Waals surface area contributed by atoms with Gasteiger partial charge in [0.25, 0.3) is 0 Å². The van der Waals surface area contributed by atoms with E-state index in [-0.39, 0.29) is 12.1 Å². The molecule has 0 saturated carbocycles. The van der Waals surface area contributed by atoms with E-state index in [1.54, 1.807) is 23.6 Å². The van der Waals surface area contributed by atoms with Gasteiger partial charge in [-0.3, -0.25) is 0 Å². The molecule has 0 unspecified atom stereocenters. The molecule has 26 heavy (non-hydrogen) atoms. The van der Waals surface area contributed by atoms with Gasteiger partial charge in [-0.2, -0.15) is 0 Å². The minimum atomic E-state index is -0.229. The molecule has 2 fully saturated rings. The Morgan fingerprint density at radius 3 is 2.96 bits per heavy atom. The van der Waals surface area contributed by atoms with Crippen LogP contribution in [0.2, 0.25) is 0 Å². The van der Waals surface area contributed by atoms with Gasteiger partial charge in [0.2, 0.25) is 5.95 Å². The first-order chi connectivity index (χ1) is 12.8. The first-order valence-electron chi connectivity index (χ1n) is 9.03. The number of carbonyl (C=O) groups is 1. The Hall–Kier alpha value is -2.61. The standard InChI is InChI=1S/C18H23N5O3/c24-18(20-11-14-4-9-25-13-14)23-8-10-26-16(12-23)15-3-5-19-17(21-15)22-6-1-2-7-22/h3-5,9,13,16H,1-2,6-8,10-12H2,(H,20,24)/t16-/m1/s1. The molecule has 138 valence electrons. The number of nitrogens with one attached hydrogen (secondary N) is 1. The molecule has 0 radical (unpaired) electrons. The smallest absolute Gasteiger partial charge is 0.317 e. The Bertz CT molecular complexity index is 730. The maximum Gasteiger partial charge on any atom is 0.317 e. The van der Waals surface area contributed by atoms with Crippen LogP contribution < -0.4 is 10.2 Å². The summed E-state index contributed by atoms with van der Waals surface area (Å²) in [6, 6.07) is 3.61. The summed E-state index contributed by atoms with van der Waals surface area (Å²) in [5.74, 6) is 0.755. The van der Waals surface area contributed by atoms with E-state index in [0.717, 1.165) is 30.3 Å². The minimum Gasteiger partial charge on any atom is -0.472 e. The van der Waals surface area contributed by atoms with E-state index in [2.05, 4.69) is 20.2 Å². The number of rotatable bonds is 4. The van der Waals surface area contributed by atoms with Crippen LogP contribution in [-0.2, 0) is 11.3 Å². The van der Waals surface area contributed by atoms with Crippen molar-refractivity contribution in [3.63, 3.8) is 0 Å². The highest BCUT2D eigenvalue weighted by Gasteiger charge is 2.27. The molecule has 0 bridgehead atoms. The van der Waals surface area contributed by atoms with Gasteiger partial charge in [0.15, 0.2) is 0 Å². The van der Waals surface area contributed by atoms with Gasteiger partial charge < -0.3 is 24.3 Å². The Morgan fingerprint density at radius 1 is 1.27 bits per heavy atom. The number of ether oxygens (including phenoxy) is 1. The van der Waals surface area contributed by atoms with Crippen LogP contribution in [0.15, 0.2) is 35.3 Å². The van der Waals surface area contributed by atoms with Crippen LogP contribution in [-0.4, -0.2) is 53.7 Å². The monoisotopic (exact) mass is 357 g/mol. The molecule has 2 aromatic rings. The van der Waals surface area contributed by atoms with Crippen LogP contribution in [0.5, 0.6) is 0 Å². The maximum absolute atomic E-state index is 12.4. The van der Waals surface area contributed by atoms with Gasteiger partial charge in [0.1, 0.15) is 6.10 Å². The number of nitrogens with zero attached hydrogens (tertiary/aromatic N) is 4. The predicted octanol–water partition coefficient (Wildman–Crippen LogP) is 1.95. The van der Waals surface area contributed by atoms with Crippen molar-refractivity contribution in [2.45, 2.75) is 25.5 Å². The van der Waals surface area contributed by atoms with Crippen LogP contribution >= 0.6 is 0 Å². The molecule has 0 spiro atoms. The van der Waals surface area contributed by atoms with Gasteiger partial charge in [-0.25, -0.2) is 14.8 Å². The summed E-state index contributed by atoms with van der Waals surface area (Å²) in [4.78, 5) is 25.5. The summed E-state index contributed by atoms with van der Waals surface area (Å²) in [5.41, 5.74) is 1.77. The summed E-state index contributed by atoms with van der Waals surface area (Å²) in [7, 11) is 0. The molecule has 2 aliphatic rings. The van der Waals surface area contributed by atoms with Gasteiger partial charge in [-0.05, 0) is 25.0 Å². The number of anilines is 1. The lowest BCUT2D eigenvalue weighted by Gasteiger charge is -2.32. The molecule has 4 heterocycles. The van der Waals surface area contributed by atoms with Crippen LogP contribution in [0.4, 0.5) is 10.7 Å². The Kier molecular flexibility index (Phi) is 5.01. The summed E-state index contributed by atoms with van der Waals surface area (Å²) in [5, 5.41) is 2.91. The second-order valence-electron chi connectivity index (χ2n) is 6.57. The second-order valence-corrected chi connectivity index (χ2v) is 6.57. The lowest BCUT2D eigenvalue weighted by molar-refractivity contribution is -0.0176. The largest absolute Gasteiger partial charge is 0.472 e. The van der Waals surface area contributed by atoms with Gasteiger partial charge in [-0.15, -0.1) is 0 Å². The van der Waals surface area contributed by atoms with E-state index >= 15 is 0 Å². The third-order valence-electron chi connectivity index (χ3n) is 4.76. The molecule has 8 heteroatoms. The number of morpholine rings is 1. The average molecular weight is 357 g/mol. The molecule has 2 aromatic heterocycles. The van der Waals surface area contributed by atoms with Crippen LogP contribution in [0.1, 0.15) is 30.2 Å². The minimum absolute atomic E-state index is 0.103. The summed E-state index contributed by atoms with van der Waals surface area (Å²) in [6.45, 7) is 3.98. The SMILES string of the molecule is O=C(NCc1ccoc1)N1CCO[C@@H](c2ccnc(N3CCCC3)n2)C1. The van der Waals surface area contributed by atoms with Crippen LogP contribution in [0.25, 0.3) is 0 Å². The normalized spacial score (nSPS) is 20.4. The fourth-order valence-corrected chi connectivity index (χ4v) is 3.31. The van der Waals surface area contributed by atoms with Crippen molar-refractivity contribution in [3.8, 4) is 0 Å². The fraction of sp³-hybridized carbons (Fsp3) is 0.500. The highest BCUT2D eigenvalue weighted by molar-refractivity contribution is 5.74. The molecule has 2 saturated heterocycles. The van der Waals surface area contributed by atoms with Crippen LogP contribution in [0.3, 0.4) is 0 Å². The quantitative estimate of drug-likeness (QED) is 0.900. The molecule has 4 rings (SSSR count). The van der Waals surface area contributed by atoms with Crippen LogP contribution in [0, 0.1) is 0 Å². The topological polar surface area (TPSA) is 83.7 Å². The van der Waals surface area contributed by atoms with E-state index in [9.17, 15) is 4.79 Å². The van der Waals surface area contributed by atoms with Gasteiger partial charge >= 0.3 is 6.03 Å². The average Bonchev–Trinajstić information content (AvgIpc) is 3.40. The van der Waals surface area contributed by atoms with Gasteiger partial charge in [-0.1, -0.05) is 0 Å². The molecular weight excluding hydrogens is 334 g/mol. The van der Waals surface area contributed by atoms with E-state index < -0.39 is 0 Å². The first kappa shape index (κ1) is 16.8. The number of furan rings is 1.